The van der Waals surface area contributed by atoms with Crippen LogP contribution in [0.4, 0.5) is 0 Å². The molecule has 1 saturated heterocycles. The average Bonchev–Trinajstić information content (AvgIpc) is 2.62. The van der Waals surface area contributed by atoms with E-state index in [9.17, 15) is 13.5 Å². The van der Waals surface area contributed by atoms with Crippen LogP contribution in [0.1, 0.15) is 19.4 Å². The third kappa shape index (κ3) is 6.95. The predicted molar refractivity (Wildman–Crippen MR) is 106 cm³/mol. The van der Waals surface area contributed by atoms with Crippen LogP contribution in [0.15, 0.2) is 18.2 Å². The van der Waals surface area contributed by atoms with Gasteiger partial charge in [-0.05, 0) is 38.6 Å². The summed E-state index contributed by atoms with van der Waals surface area (Å²) in [6.45, 7) is 6.66. The van der Waals surface area contributed by atoms with Crippen LogP contribution >= 0.6 is 0 Å². The Morgan fingerprint density at radius 2 is 1.89 bits per heavy atom. The van der Waals surface area contributed by atoms with Gasteiger partial charge in [0.1, 0.15) is 12.7 Å². The second kappa shape index (κ2) is 9.73. The predicted octanol–water partition coefficient (Wildman–Crippen LogP) is 1.01. The molecule has 1 aliphatic rings. The fourth-order valence-corrected chi connectivity index (χ4v) is 4.15. The van der Waals surface area contributed by atoms with E-state index in [1.165, 1.54) is 0 Å². The molecule has 0 aromatic heterocycles. The molecule has 2 rings (SSSR count). The van der Waals surface area contributed by atoms with Crippen molar-refractivity contribution in [2.45, 2.75) is 32.5 Å². The van der Waals surface area contributed by atoms with E-state index in [0.717, 1.165) is 5.56 Å². The van der Waals surface area contributed by atoms with Gasteiger partial charge in [-0.2, -0.15) is 0 Å². The van der Waals surface area contributed by atoms with Gasteiger partial charge in [-0.15, -0.1) is 0 Å². The van der Waals surface area contributed by atoms with Crippen LogP contribution in [-0.2, 0) is 16.4 Å². The number of benzene rings is 1. The van der Waals surface area contributed by atoms with Crippen LogP contribution in [0, 0.1) is 0 Å². The first kappa shape index (κ1) is 21.9. The van der Waals surface area contributed by atoms with Gasteiger partial charge < -0.3 is 19.5 Å². The fraction of sp³-hybridized carbons (Fsp3) is 0.684. The molecule has 1 heterocycles. The molecule has 0 radical (unpaired) electrons. The van der Waals surface area contributed by atoms with Gasteiger partial charge in [0.25, 0.3) is 0 Å². The summed E-state index contributed by atoms with van der Waals surface area (Å²) >= 11 is 0. The molecule has 1 fully saturated rings. The van der Waals surface area contributed by atoms with Gasteiger partial charge in [0, 0.05) is 32.2 Å². The van der Waals surface area contributed by atoms with Crippen LogP contribution in [0.2, 0.25) is 0 Å². The monoisotopic (exact) mass is 400 g/mol. The van der Waals surface area contributed by atoms with Gasteiger partial charge in [-0.3, -0.25) is 4.90 Å². The molecule has 1 N–H and O–H groups in total. The first-order valence-corrected chi connectivity index (χ1v) is 11.1. The van der Waals surface area contributed by atoms with E-state index in [2.05, 4.69) is 23.6 Å². The number of sulfone groups is 1. The summed E-state index contributed by atoms with van der Waals surface area (Å²) in [6.07, 6.45) is -0.586. The number of likely N-dealkylation sites (N-methyl/N-ethyl adjacent to an activating group) is 1. The summed E-state index contributed by atoms with van der Waals surface area (Å²) in [6, 6.07) is 6.06. The lowest BCUT2D eigenvalue weighted by atomic mass is 10.2. The van der Waals surface area contributed by atoms with Crippen molar-refractivity contribution in [2.75, 3.05) is 51.9 Å². The van der Waals surface area contributed by atoms with Crippen LogP contribution in [0.3, 0.4) is 0 Å². The van der Waals surface area contributed by atoms with Crippen molar-refractivity contribution < 1.29 is 23.0 Å². The van der Waals surface area contributed by atoms with E-state index in [1.807, 2.05) is 25.2 Å². The Balaban J connectivity index is 1.91. The maximum Gasteiger partial charge on any atom is 0.161 e. The lowest BCUT2D eigenvalue weighted by Gasteiger charge is -2.27. The summed E-state index contributed by atoms with van der Waals surface area (Å²) in [5.74, 6) is 1.64. The van der Waals surface area contributed by atoms with Crippen LogP contribution in [-0.4, -0.2) is 87.4 Å². The SMILES string of the molecule is COc1cc(CN2CCS(=O)(=O)CC2)ccc1OC[C@H](O)CN(C)C(C)C. The molecule has 1 aromatic rings. The Hall–Kier alpha value is -1.35. The number of aliphatic hydroxyl groups excluding tert-OH is 1. The zero-order valence-corrected chi connectivity index (χ0v) is 17.5. The van der Waals surface area contributed by atoms with Crippen LogP contribution < -0.4 is 9.47 Å². The van der Waals surface area contributed by atoms with Crippen LogP contribution in [0.25, 0.3) is 0 Å². The molecule has 0 aliphatic carbocycles. The number of hydrogen-bond donors (Lipinski definition) is 1. The van der Waals surface area contributed by atoms with E-state index < -0.39 is 15.9 Å². The van der Waals surface area contributed by atoms with Gasteiger partial charge in [-0.25, -0.2) is 8.42 Å². The molecular formula is C19H32N2O5S. The summed E-state index contributed by atoms with van der Waals surface area (Å²) in [7, 11) is 0.682. The quantitative estimate of drug-likeness (QED) is 0.663. The van der Waals surface area contributed by atoms with E-state index in [-0.39, 0.29) is 18.1 Å². The minimum atomic E-state index is -2.87. The van der Waals surface area contributed by atoms with E-state index >= 15 is 0 Å². The first-order valence-electron chi connectivity index (χ1n) is 9.31. The molecule has 0 bridgehead atoms. The molecule has 0 spiro atoms. The summed E-state index contributed by atoms with van der Waals surface area (Å²) < 4.78 is 34.3. The molecule has 1 aliphatic heterocycles. The Bertz CT molecular complexity index is 694. The number of hydrogen-bond acceptors (Lipinski definition) is 7. The highest BCUT2D eigenvalue weighted by atomic mass is 32.2. The van der Waals surface area contributed by atoms with E-state index in [1.54, 1.807) is 7.11 Å². The van der Waals surface area contributed by atoms with Crippen molar-refractivity contribution in [3.63, 3.8) is 0 Å². The smallest absolute Gasteiger partial charge is 0.161 e. The number of ether oxygens (including phenoxy) is 2. The molecular weight excluding hydrogens is 368 g/mol. The van der Waals surface area contributed by atoms with Crippen molar-refractivity contribution in [3.05, 3.63) is 23.8 Å². The number of rotatable bonds is 9. The molecule has 8 heteroatoms. The van der Waals surface area contributed by atoms with Crippen molar-refractivity contribution in [3.8, 4) is 11.5 Å². The lowest BCUT2D eigenvalue weighted by Crippen LogP contribution is -2.39. The number of aliphatic hydroxyl groups is 1. The highest BCUT2D eigenvalue weighted by Gasteiger charge is 2.22. The zero-order chi connectivity index (χ0) is 20.0. The van der Waals surface area contributed by atoms with Gasteiger partial charge in [0.15, 0.2) is 21.3 Å². The molecule has 0 saturated carbocycles. The van der Waals surface area contributed by atoms with E-state index in [4.69, 9.17) is 9.47 Å². The standard InChI is InChI=1S/C19H32N2O5S/c1-15(2)20(3)13-17(22)14-26-18-6-5-16(11-19(18)25-4)12-21-7-9-27(23,24)10-8-21/h5-6,11,15,17,22H,7-10,12-14H2,1-4H3/t17-/m1/s1. The van der Waals surface area contributed by atoms with Gasteiger partial charge in [-0.1, -0.05) is 6.07 Å². The Labute approximate surface area is 162 Å². The number of methoxy groups -OCH3 is 1. The minimum Gasteiger partial charge on any atom is -0.493 e. The Kier molecular flexibility index (Phi) is 7.91. The molecule has 0 amide bonds. The zero-order valence-electron chi connectivity index (χ0n) is 16.7. The van der Waals surface area contributed by atoms with Crippen molar-refractivity contribution in [1.82, 2.24) is 9.80 Å². The van der Waals surface area contributed by atoms with Gasteiger partial charge in [0.2, 0.25) is 0 Å². The number of nitrogens with zero attached hydrogens (tertiary/aromatic N) is 2. The molecule has 7 nitrogen and oxygen atoms in total. The summed E-state index contributed by atoms with van der Waals surface area (Å²) in [4.78, 5) is 4.19. The first-order chi connectivity index (χ1) is 12.7. The molecule has 154 valence electrons. The fourth-order valence-electron chi connectivity index (χ4n) is 2.88. The van der Waals surface area contributed by atoms with Crippen molar-refractivity contribution in [1.29, 1.82) is 0 Å². The van der Waals surface area contributed by atoms with Crippen LogP contribution in [0.5, 0.6) is 11.5 Å². The summed E-state index contributed by atoms with van der Waals surface area (Å²) in [5, 5.41) is 10.1. The summed E-state index contributed by atoms with van der Waals surface area (Å²) in [5.41, 5.74) is 1.04. The van der Waals surface area contributed by atoms with Crippen molar-refractivity contribution >= 4 is 9.84 Å². The van der Waals surface area contributed by atoms with Gasteiger partial charge in [0.05, 0.1) is 18.6 Å². The Morgan fingerprint density at radius 1 is 1.22 bits per heavy atom. The molecule has 1 aromatic carbocycles. The third-order valence-corrected chi connectivity index (χ3v) is 6.49. The maximum absolute atomic E-state index is 11.5. The lowest BCUT2D eigenvalue weighted by molar-refractivity contribution is 0.0668. The van der Waals surface area contributed by atoms with Gasteiger partial charge >= 0.3 is 0 Å². The largest absolute Gasteiger partial charge is 0.493 e. The topological polar surface area (TPSA) is 79.3 Å². The molecule has 1 atom stereocenters. The second-order valence-electron chi connectivity index (χ2n) is 7.41. The second-order valence-corrected chi connectivity index (χ2v) is 9.71. The van der Waals surface area contributed by atoms with Crippen molar-refractivity contribution in [2.24, 2.45) is 0 Å². The molecule has 27 heavy (non-hydrogen) atoms. The highest BCUT2D eigenvalue weighted by molar-refractivity contribution is 7.91. The van der Waals surface area contributed by atoms with E-state index in [0.29, 0.717) is 43.7 Å². The molecule has 0 unspecified atom stereocenters. The third-order valence-electron chi connectivity index (χ3n) is 4.88. The normalized spacial score (nSPS) is 18.6. The maximum atomic E-state index is 11.5. The Morgan fingerprint density at radius 3 is 2.48 bits per heavy atom. The highest BCUT2D eigenvalue weighted by Crippen LogP contribution is 2.29. The average molecular weight is 401 g/mol. The minimum absolute atomic E-state index is 0.191.